The van der Waals surface area contributed by atoms with Gasteiger partial charge in [0.25, 0.3) is 0 Å². The number of hydrogen-bond acceptors (Lipinski definition) is 5. The lowest BCUT2D eigenvalue weighted by molar-refractivity contribution is -0.127. The van der Waals surface area contributed by atoms with Crippen LogP contribution in [0.15, 0.2) is 18.2 Å². The highest BCUT2D eigenvalue weighted by atomic mass is 32.2. The molecule has 1 aromatic carbocycles. The maximum atomic E-state index is 12.0. The van der Waals surface area contributed by atoms with Crippen LogP contribution < -0.4 is 9.47 Å². The van der Waals surface area contributed by atoms with Crippen molar-refractivity contribution in [3.05, 3.63) is 23.8 Å². The van der Waals surface area contributed by atoms with E-state index in [1.54, 1.807) is 6.92 Å². The second-order valence-electron chi connectivity index (χ2n) is 5.18. The first-order valence-corrected chi connectivity index (χ1v) is 7.84. The van der Waals surface area contributed by atoms with Gasteiger partial charge in [0.05, 0.1) is 0 Å². The smallest absolute Gasteiger partial charge is 0.231 e. The summed E-state index contributed by atoms with van der Waals surface area (Å²) in [5.41, 5.74) is 1.06. The van der Waals surface area contributed by atoms with E-state index in [1.165, 1.54) is 11.8 Å². The van der Waals surface area contributed by atoms with Crippen molar-refractivity contribution in [3.63, 3.8) is 0 Å². The van der Waals surface area contributed by atoms with Gasteiger partial charge in [0.2, 0.25) is 12.7 Å². The number of carbonyl (C=O) groups is 2. The maximum Gasteiger partial charge on any atom is 0.231 e. The molecule has 0 spiro atoms. The third-order valence-corrected chi connectivity index (χ3v) is 4.62. The highest BCUT2D eigenvalue weighted by Crippen LogP contribution is 2.35. The summed E-state index contributed by atoms with van der Waals surface area (Å²) in [4.78, 5) is 24.9. The van der Waals surface area contributed by atoms with Gasteiger partial charge in [0.1, 0.15) is 0 Å². The lowest BCUT2D eigenvalue weighted by Crippen LogP contribution is -2.28. The van der Waals surface area contributed by atoms with Gasteiger partial charge in [0, 0.05) is 31.7 Å². The Morgan fingerprint density at radius 2 is 2.29 bits per heavy atom. The standard InChI is InChI=1S/C15H17NO4S/c1-10(17)21-12-7-14(18)16(8-12)6-5-11-3-2-4-13-15(11)20-9-19-13/h2-4,12H,5-9H2,1H3. The number of para-hydroxylation sites is 1. The van der Waals surface area contributed by atoms with Crippen LogP contribution in [0.3, 0.4) is 0 Å². The summed E-state index contributed by atoms with van der Waals surface area (Å²) in [6.07, 6.45) is 1.19. The lowest BCUT2D eigenvalue weighted by Gasteiger charge is -2.16. The van der Waals surface area contributed by atoms with E-state index in [4.69, 9.17) is 9.47 Å². The number of nitrogens with zero attached hydrogens (tertiary/aromatic N) is 1. The summed E-state index contributed by atoms with van der Waals surface area (Å²) >= 11 is 1.27. The minimum Gasteiger partial charge on any atom is -0.454 e. The maximum absolute atomic E-state index is 12.0. The van der Waals surface area contributed by atoms with Crippen LogP contribution >= 0.6 is 11.8 Å². The molecular formula is C15H17NO4S. The molecule has 2 aliphatic rings. The topological polar surface area (TPSA) is 55.8 Å². The predicted octanol–water partition coefficient (Wildman–Crippen LogP) is 1.84. The van der Waals surface area contributed by atoms with Gasteiger partial charge in [-0.1, -0.05) is 23.9 Å². The second kappa shape index (κ2) is 5.97. The minimum absolute atomic E-state index is 0.0704. The molecule has 2 heterocycles. The molecule has 3 rings (SSSR count). The van der Waals surface area contributed by atoms with Gasteiger partial charge in [0.15, 0.2) is 16.6 Å². The van der Waals surface area contributed by atoms with E-state index in [9.17, 15) is 9.59 Å². The normalized spacial score (nSPS) is 20.1. The molecule has 1 amide bonds. The molecule has 6 heteroatoms. The van der Waals surface area contributed by atoms with E-state index >= 15 is 0 Å². The monoisotopic (exact) mass is 307 g/mol. The van der Waals surface area contributed by atoms with E-state index in [0.717, 1.165) is 23.5 Å². The minimum atomic E-state index is 0.0704. The first-order valence-electron chi connectivity index (χ1n) is 6.96. The zero-order valence-electron chi connectivity index (χ0n) is 11.8. The molecular weight excluding hydrogens is 290 g/mol. The number of fused-ring (bicyclic) bond motifs is 1. The van der Waals surface area contributed by atoms with E-state index in [1.807, 2.05) is 23.1 Å². The molecule has 1 unspecified atom stereocenters. The Labute approximate surface area is 127 Å². The Hall–Kier alpha value is -1.69. The van der Waals surface area contributed by atoms with Gasteiger partial charge in [-0.05, 0) is 18.1 Å². The summed E-state index contributed by atoms with van der Waals surface area (Å²) in [5, 5.41) is 0.164. The molecule has 1 aromatic rings. The van der Waals surface area contributed by atoms with Crippen LogP contribution in [-0.4, -0.2) is 41.1 Å². The summed E-state index contributed by atoms with van der Waals surface area (Å²) in [6.45, 7) is 3.10. The van der Waals surface area contributed by atoms with Crippen LogP contribution in [0.4, 0.5) is 0 Å². The molecule has 0 radical (unpaired) electrons. The number of thioether (sulfide) groups is 1. The van der Waals surface area contributed by atoms with Gasteiger partial charge < -0.3 is 14.4 Å². The molecule has 1 saturated heterocycles. The van der Waals surface area contributed by atoms with E-state index in [2.05, 4.69) is 0 Å². The molecule has 0 bridgehead atoms. The molecule has 0 saturated carbocycles. The molecule has 2 aliphatic heterocycles. The number of hydrogen-bond donors (Lipinski definition) is 0. The van der Waals surface area contributed by atoms with Crippen LogP contribution in [0.5, 0.6) is 11.5 Å². The zero-order valence-corrected chi connectivity index (χ0v) is 12.6. The van der Waals surface area contributed by atoms with Crippen molar-refractivity contribution in [3.8, 4) is 11.5 Å². The fourth-order valence-corrected chi connectivity index (χ4v) is 3.66. The van der Waals surface area contributed by atoms with Crippen LogP contribution in [0, 0.1) is 0 Å². The van der Waals surface area contributed by atoms with Crippen molar-refractivity contribution >= 4 is 22.8 Å². The Morgan fingerprint density at radius 3 is 3.10 bits per heavy atom. The first kappa shape index (κ1) is 14.3. The Morgan fingerprint density at radius 1 is 1.43 bits per heavy atom. The molecule has 0 N–H and O–H groups in total. The van der Waals surface area contributed by atoms with Gasteiger partial charge >= 0.3 is 0 Å². The highest BCUT2D eigenvalue weighted by Gasteiger charge is 2.30. The first-order chi connectivity index (χ1) is 10.1. The average Bonchev–Trinajstić information content (AvgIpc) is 3.02. The Balaban J connectivity index is 1.60. The number of amides is 1. The summed E-state index contributed by atoms with van der Waals surface area (Å²) < 4.78 is 10.8. The lowest BCUT2D eigenvalue weighted by atomic mass is 10.1. The Kier molecular flexibility index (Phi) is 4.05. The number of benzene rings is 1. The number of carbonyl (C=O) groups excluding carboxylic acids is 2. The van der Waals surface area contributed by atoms with Crippen molar-refractivity contribution in [2.75, 3.05) is 19.9 Å². The molecule has 112 valence electrons. The number of rotatable bonds is 4. The van der Waals surface area contributed by atoms with Crippen molar-refractivity contribution in [1.82, 2.24) is 4.90 Å². The third kappa shape index (κ3) is 3.15. The Bertz CT molecular complexity index is 575. The largest absolute Gasteiger partial charge is 0.454 e. The highest BCUT2D eigenvalue weighted by molar-refractivity contribution is 8.14. The van der Waals surface area contributed by atoms with Gasteiger partial charge in [-0.25, -0.2) is 0 Å². The van der Waals surface area contributed by atoms with Crippen LogP contribution in [-0.2, 0) is 16.0 Å². The van der Waals surface area contributed by atoms with Crippen molar-refractivity contribution in [2.45, 2.75) is 25.0 Å². The quantitative estimate of drug-likeness (QED) is 0.849. The van der Waals surface area contributed by atoms with Crippen molar-refractivity contribution < 1.29 is 19.1 Å². The van der Waals surface area contributed by atoms with Crippen LogP contribution in [0.2, 0.25) is 0 Å². The fourth-order valence-electron chi connectivity index (χ4n) is 2.71. The zero-order chi connectivity index (χ0) is 14.8. The number of likely N-dealkylation sites (tertiary alicyclic amines) is 1. The van der Waals surface area contributed by atoms with Crippen molar-refractivity contribution in [2.24, 2.45) is 0 Å². The molecule has 21 heavy (non-hydrogen) atoms. The summed E-state index contributed by atoms with van der Waals surface area (Å²) in [5.74, 6) is 1.68. The summed E-state index contributed by atoms with van der Waals surface area (Å²) in [6, 6.07) is 5.81. The third-order valence-electron chi connectivity index (χ3n) is 3.64. The summed E-state index contributed by atoms with van der Waals surface area (Å²) in [7, 11) is 0. The molecule has 1 fully saturated rings. The van der Waals surface area contributed by atoms with Crippen LogP contribution in [0.1, 0.15) is 18.9 Å². The van der Waals surface area contributed by atoms with Crippen molar-refractivity contribution in [1.29, 1.82) is 0 Å². The molecule has 5 nitrogen and oxygen atoms in total. The SMILES string of the molecule is CC(=O)SC1CC(=O)N(CCc2cccc3c2OCO3)C1. The van der Waals surface area contributed by atoms with E-state index < -0.39 is 0 Å². The predicted molar refractivity (Wildman–Crippen MR) is 79.5 cm³/mol. The average molecular weight is 307 g/mol. The van der Waals surface area contributed by atoms with Gasteiger partial charge in [-0.3, -0.25) is 9.59 Å². The van der Waals surface area contributed by atoms with E-state index in [-0.39, 0.29) is 23.1 Å². The number of ether oxygens (including phenoxy) is 2. The molecule has 0 aliphatic carbocycles. The van der Waals surface area contributed by atoms with Crippen LogP contribution in [0.25, 0.3) is 0 Å². The van der Waals surface area contributed by atoms with Gasteiger partial charge in [-0.15, -0.1) is 0 Å². The second-order valence-corrected chi connectivity index (χ2v) is 6.65. The molecule has 1 atom stereocenters. The van der Waals surface area contributed by atoms with E-state index in [0.29, 0.717) is 19.5 Å². The fraction of sp³-hybridized carbons (Fsp3) is 0.467. The van der Waals surface area contributed by atoms with Gasteiger partial charge in [-0.2, -0.15) is 0 Å². The molecule has 0 aromatic heterocycles.